The average molecular weight is 493 g/mol. The van der Waals surface area contributed by atoms with E-state index < -0.39 is 5.92 Å². The molecule has 1 aromatic heterocycles. The molecule has 1 aliphatic heterocycles. The van der Waals surface area contributed by atoms with Crippen LogP contribution in [-0.2, 0) is 16.1 Å². The number of benzene rings is 2. The molecule has 7 nitrogen and oxygen atoms in total. The quantitative estimate of drug-likeness (QED) is 0.512. The molecule has 162 valence electrons. The predicted octanol–water partition coefficient (Wildman–Crippen LogP) is 3.77. The highest BCUT2D eigenvalue weighted by atomic mass is 79.9. The van der Waals surface area contributed by atoms with Gasteiger partial charge in [0.1, 0.15) is 5.92 Å². The van der Waals surface area contributed by atoms with Crippen LogP contribution < -0.4 is 15.5 Å². The van der Waals surface area contributed by atoms with Crippen LogP contribution in [0, 0.1) is 5.92 Å². The van der Waals surface area contributed by atoms with Crippen molar-refractivity contribution in [2.45, 2.75) is 13.0 Å². The zero-order valence-corrected chi connectivity index (χ0v) is 18.7. The molecule has 2 heterocycles. The number of carbonyl (C=O) groups is 3. The third kappa shape index (κ3) is 4.86. The Morgan fingerprint density at radius 3 is 2.62 bits per heavy atom. The van der Waals surface area contributed by atoms with Crippen LogP contribution in [-0.4, -0.2) is 29.3 Å². The first-order valence-electron chi connectivity index (χ1n) is 10.2. The molecule has 3 aromatic rings. The number of aromatic nitrogens is 1. The van der Waals surface area contributed by atoms with Gasteiger partial charge in [0, 0.05) is 41.2 Å². The lowest BCUT2D eigenvalue weighted by molar-refractivity contribution is -0.132. The molecule has 1 fully saturated rings. The summed E-state index contributed by atoms with van der Waals surface area (Å²) in [7, 11) is 0. The van der Waals surface area contributed by atoms with Crippen molar-refractivity contribution < 1.29 is 14.4 Å². The molecule has 1 unspecified atom stereocenters. The molecule has 1 atom stereocenters. The number of halogens is 1. The van der Waals surface area contributed by atoms with E-state index in [2.05, 4.69) is 31.5 Å². The van der Waals surface area contributed by atoms with Crippen molar-refractivity contribution in [3.8, 4) is 0 Å². The molecule has 3 amide bonds. The first-order valence-corrected chi connectivity index (χ1v) is 11.0. The number of nitrogens with zero attached hydrogens (tertiary/aromatic N) is 2. The Hall–Kier alpha value is -3.52. The smallest absolute Gasteiger partial charge is 0.255 e. The van der Waals surface area contributed by atoms with Crippen LogP contribution in [0.3, 0.4) is 0 Å². The molecular formula is C24H21BrN4O3. The van der Waals surface area contributed by atoms with Crippen molar-refractivity contribution >= 4 is 45.0 Å². The van der Waals surface area contributed by atoms with Gasteiger partial charge in [0.2, 0.25) is 11.8 Å². The second-order valence-corrected chi connectivity index (χ2v) is 8.25. The third-order valence-electron chi connectivity index (χ3n) is 5.26. The maximum absolute atomic E-state index is 12.8. The number of hydrogen-bond acceptors (Lipinski definition) is 4. The minimum Gasteiger partial charge on any atom is -0.351 e. The highest BCUT2D eigenvalue weighted by Crippen LogP contribution is 2.31. The van der Waals surface area contributed by atoms with Gasteiger partial charge in [0.15, 0.2) is 0 Å². The normalized spacial score (nSPS) is 15.5. The molecule has 1 saturated heterocycles. The summed E-state index contributed by atoms with van der Waals surface area (Å²) in [6.45, 7) is 0.757. The fraction of sp³-hybridized carbons (Fsp3) is 0.167. The first kappa shape index (κ1) is 21.7. The summed E-state index contributed by atoms with van der Waals surface area (Å²) in [4.78, 5) is 43.4. The fourth-order valence-electron chi connectivity index (χ4n) is 3.61. The summed E-state index contributed by atoms with van der Waals surface area (Å²) in [6.07, 6.45) is 3.58. The van der Waals surface area contributed by atoms with Crippen molar-refractivity contribution in [2.75, 3.05) is 16.8 Å². The Labute approximate surface area is 194 Å². The number of carbonyl (C=O) groups excluding carboxylic acids is 3. The van der Waals surface area contributed by atoms with E-state index in [1.165, 1.54) is 0 Å². The number of hydrogen-bond donors (Lipinski definition) is 2. The maximum Gasteiger partial charge on any atom is 0.255 e. The van der Waals surface area contributed by atoms with Crippen molar-refractivity contribution in [3.05, 3.63) is 88.7 Å². The molecule has 4 rings (SSSR count). The van der Waals surface area contributed by atoms with Gasteiger partial charge in [-0.15, -0.1) is 0 Å². The minimum absolute atomic E-state index is 0.201. The SMILES string of the molecule is O=C(Nc1cccc(CNC(=O)C2CCN(c3ccccc3Br)C2=O)c1)c1ccncc1. The van der Waals surface area contributed by atoms with Crippen molar-refractivity contribution in [1.82, 2.24) is 10.3 Å². The molecule has 0 aliphatic carbocycles. The summed E-state index contributed by atoms with van der Waals surface area (Å²) in [5.74, 6) is -1.45. The number of anilines is 2. The standard InChI is InChI=1S/C24H21BrN4O3/c25-20-6-1-2-7-21(20)29-13-10-19(24(29)32)23(31)27-15-16-4-3-5-18(14-16)28-22(30)17-8-11-26-12-9-17/h1-9,11-12,14,19H,10,13,15H2,(H,27,31)(H,28,30). The van der Waals surface area contributed by atoms with E-state index in [0.717, 1.165) is 15.7 Å². The fourth-order valence-corrected chi connectivity index (χ4v) is 4.11. The second-order valence-electron chi connectivity index (χ2n) is 7.39. The number of para-hydroxylation sites is 1. The van der Waals surface area contributed by atoms with Gasteiger partial charge < -0.3 is 15.5 Å². The summed E-state index contributed by atoms with van der Waals surface area (Å²) >= 11 is 3.46. The number of amides is 3. The van der Waals surface area contributed by atoms with E-state index in [-0.39, 0.29) is 24.3 Å². The molecule has 0 saturated carbocycles. The van der Waals surface area contributed by atoms with E-state index in [9.17, 15) is 14.4 Å². The number of rotatable bonds is 6. The molecule has 8 heteroatoms. The maximum atomic E-state index is 12.8. The lowest BCUT2D eigenvalue weighted by atomic mass is 10.1. The van der Waals surface area contributed by atoms with E-state index >= 15 is 0 Å². The summed E-state index contributed by atoms with van der Waals surface area (Å²) in [5.41, 5.74) is 2.72. The monoisotopic (exact) mass is 492 g/mol. The van der Waals surface area contributed by atoms with Crippen molar-refractivity contribution in [1.29, 1.82) is 0 Å². The Morgan fingerprint density at radius 1 is 1.06 bits per heavy atom. The molecule has 0 bridgehead atoms. The van der Waals surface area contributed by atoms with E-state index in [0.29, 0.717) is 24.2 Å². The van der Waals surface area contributed by atoms with Gasteiger partial charge in [-0.05, 0) is 64.3 Å². The predicted molar refractivity (Wildman–Crippen MR) is 125 cm³/mol. The van der Waals surface area contributed by atoms with Gasteiger partial charge >= 0.3 is 0 Å². The first-order chi connectivity index (χ1) is 15.5. The Bertz CT molecular complexity index is 1150. The summed E-state index contributed by atoms with van der Waals surface area (Å²) in [6, 6.07) is 18.0. The molecule has 2 aromatic carbocycles. The molecule has 1 aliphatic rings. The molecular weight excluding hydrogens is 472 g/mol. The molecule has 2 N–H and O–H groups in total. The zero-order valence-electron chi connectivity index (χ0n) is 17.1. The Kier molecular flexibility index (Phi) is 6.61. The number of nitrogens with one attached hydrogen (secondary N) is 2. The van der Waals surface area contributed by atoms with Gasteiger partial charge in [-0.25, -0.2) is 0 Å². The van der Waals surface area contributed by atoms with Gasteiger partial charge in [-0.2, -0.15) is 0 Å². The second kappa shape index (κ2) is 9.74. The van der Waals surface area contributed by atoms with E-state index in [4.69, 9.17) is 0 Å². The van der Waals surface area contributed by atoms with Gasteiger partial charge in [0.25, 0.3) is 5.91 Å². The van der Waals surface area contributed by atoms with Crippen LogP contribution >= 0.6 is 15.9 Å². The number of pyridine rings is 1. The van der Waals surface area contributed by atoms with E-state index in [1.54, 1.807) is 47.6 Å². The van der Waals surface area contributed by atoms with Crippen molar-refractivity contribution in [2.24, 2.45) is 5.92 Å². The lowest BCUT2D eigenvalue weighted by Gasteiger charge is -2.18. The van der Waals surface area contributed by atoms with Crippen LogP contribution in [0.4, 0.5) is 11.4 Å². The average Bonchev–Trinajstić information content (AvgIpc) is 3.20. The van der Waals surface area contributed by atoms with Crippen LogP contribution in [0.5, 0.6) is 0 Å². The Morgan fingerprint density at radius 2 is 1.84 bits per heavy atom. The van der Waals surface area contributed by atoms with Crippen LogP contribution in [0.15, 0.2) is 77.5 Å². The summed E-state index contributed by atoms with van der Waals surface area (Å²) < 4.78 is 0.819. The van der Waals surface area contributed by atoms with Gasteiger partial charge in [0.05, 0.1) is 5.69 Å². The molecule has 0 radical (unpaired) electrons. The van der Waals surface area contributed by atoms with Crippen LogP contribution in [0.25, 0.3) is 0 Å². The largest absolute Gasteiger partial charge is 0.351 e. The highest BCUT2D eigenvalue weighted by Gasteiger charge is 2.38. The molecule has 0 spiro atoms. The van der Waals surface area contributed by atoms with Crippen LogP contribution in [0.1, 0.15) is 22.3 Å². The summed E-state index contributed by atoms with van der Waals surface area (Å²) in [5, 5.41) is 5.68. The van der Waals surface area contributed by atoms with Crippen molar-refractivity contribution in [3.63, 3.8) is 0 Å². The van der Waals surface area contributed by atoms with Crippen LogP contribution in [0.2, 0.25) is 0 Å². The zero-order chi connectivity index (χ0) is 22.5. The molecule has 32 heavy (non-hydrogen) atoms. The van der Waals surface area contributed by atoms with Gasteiger partial charge in [-0.1, -0.05) is 24.3 Å². The van der Waals surface area contributed by atoms with Gasteiger partial charge in [-0.3, -0.25) is 19.4 Å². The topological polar surface area (TPSA) is 91.4 Å². The lowest BCUT2D eigenvalue weighted by Crippen LogP contribution is -2.36. The Balaban J connectivity index is 1.35. The third-order valence-corrected chi connectivity index (χ3v) is 5.93. The van der Waals surface area contributed by atoms with E-state index in [1.807, 2.05) is 30.3 Å². The minimum atomic E-state index is -0.711. The highest BCUT2D eigenvalue weighted by molar-refractivity contribution is 9.10.